The largest absolute Gasteiger partial charge is 0.332 e. The number of fused-ring (bicyclic) bond motifs is 1. The van der Waals surface area contributed by atoms with Gasteiger partial charge in [0.25, 0.3) is 5.56 Å². The van der Waals surface area contributed by atoms with Crippen molar-refractivity contribution >= 4 is 22.8 Å². The van der Waals surface area contributed by atoms with E-state index in [9.17, 15) is 9.59 Å². The quantitative estimate of drug-likeness (QED) is 0.744. The summed E-state index contributed by atoms with van der Waals surface area (Å²) in [7, 11) is 0. The zero-order valence-electron chi connectivity index (χ0n) is 12.1. The van der Waals surface area contributed by atoms with Crippen molar-refractivity contribution < 1.29 is 0 Å². The molecule has 22 heavy (non-hydrogen) atoms. The van der Waals surface area contributed by atoms with E-state index >= 15 is 0 Å². The van der Waals surface area contributed by atoms with Crippen molar-refractivity contribution in [1.82, 2.24) is 24.1 Å². The summed E-state index contributed by atoms with van der Waals surface area (Å²) in [5.41, 5.74) is 0.640. The highest BCUT2D eigenvalue weighted by Crippen LogP contribution is 2.18. The standard InChI is InChI=1S/C14H14ClN5O2/c1-3-19-12-10(13(21)20(4-2)14(19)22)17-11(18-12)8-5-6-9(15)16-7-8/h5-7H,3-4H2,1-2H3,(H,17,18). The summed E-state index contributed by atoms with van der Waals surface area (Å²) in [5.74, 6) is 0.478. The van der Waals surface area contributed by atoms with Gasteiger partial charge in [-0.15, -0.1) is 0 Å². The van der Waals surface area contributed by atoms with E-state index in [0.29, 0.717) is 40.8 Å². The third kappa shape index (κ3) is 2.14. The minimum absolute atomic E-state index is 0.310. The number of aromatic nitrogens is 5. The molecule has 0 aliphatic heterocycles. The Labute approximate surface area is 130 Å². The zero-order chi connectivity index (χ0) is 15.9. The van der Waals surface area contributed by atoms with Crippen molar-refractivity contribution in [3.63, 3.8) is 0 Å². The van der Waals surface area contributed by atoms with Crippen LogP contribution in [0.4, 0.5) is 0 Å². The number of hydrogen-bond acceptors (Lipinski definition) is 4. The first kappa shape index (κ1) is 14.5. The summed E-state index contributed by atoms with van der Waals surface area (Å²) in [6.07, 6.45) is 1.56. The highest BCUT2D eigenvalue weighted by molar-refractivity contribution is 6.29. The molecule has 0 aliphatic rings. The van der Waals surface area contributed by atoms with Crippen LogP contribution in [-0.4, -0.2) is 24.1 Å². The van der Waals surface area contributed by atoms with Crippen LogP contribution in [0.1, 0.15) is 13.8 Å². The molecule has 3 heterocycles. The Morgan fingerprint density at radius 2 is 1.91 bits per heavy atom. The van der Waals surface area contributed by atoms with E-state index in [1.165, 1.54) is 9.13 Å². The lowest BCUT2D eigenvalue weighted by Crippen LogP contribution is -2.39. The lowest BCUT2D eigenvalue weighted by Gasteiger charge is -2.06. The van der Waals surface area contributed by atoms with E-state index in [1.807, 2.05) is 6.92 Å². The van der Waals surface area contributed by atoms with Crippen LogP contribution < -0.4 is 11.2 Å². The molecular weight excluding hydrogens is 306 g/mol. The van der Waals surface area contributed by atoms with Crippen LogP contribution in [0.3, 0.4) is 0 Å². The first-order chi connectivity index (χ1) is 10.6. The zero-order valence-corrected chi connectivity index (χ0v) is 12.9. The van der Waals surface area contributed by atoms with Gasteiger partial charge in [0.05, 0.1) is 0 Å². The minimum atomic E-state index is -0.368. The molecule has 0 aromatic carbocycles. The van der Waals surface area contributed by atoms with Gasteiger partial charge in [0.1, 0.15) is 16.5 Å². The molecule has 0 unspecified atom stereocenters. The van der Waals surface area contributed by atoms with Gasteiger partial charge in [0.15, 0.2) is 5.65 Å². The molecule has 1 N–H and O–H groups in total. The lowest BCUT2D eigenvalue weighted by atomic mass is 10.3. The average molecular weight is 320 g/mol. The number of halogens is 1. The molecule has 0 aliphatic carbocycles. The Balaban J connectivity index is 2.34. The molecule has 0 radical (unpaired) electrons. The van der Waals surface area contributed by atoms with E-state index in [-0.39, 0.29) is 11.2 Å². The number of aryl methyl sites for hydroxylation is 1. The minimum Gasteiger partial charge on any atom is -0.332 e. The predicted molar refractivity (Wildman–Crippen MR) is 84.2 cm³/mol. The molecule has 8 heteroatoms. The summed E-state index contributed by atoms with van der Waals surface area (Å²) >= 11 is 5.77. The fraction of sp³-hybridized carbons (Fsp3) is 0.286. The second-order valence-electron chi connectivity index (χ2n) is 4.73. The van der Waals surface area contributed by atoms with Crippen LogP contribution in [0.25, 0.3) is 22.6 Å². The Morgan fingerprint density at radius 1 is 1.18 bits per heavy atom. The molecule has 0 bridgehead atoms. The van der Waals surface area contributed by atoms with Crippen LogP contribution in [0.2, 0.25) is 5.15 Å². The van der Waals surface area contributed by atoms with Crippen LogP contribution in [0.5, 0.6) is 0 Å². The van der Waals surface area contributed by atoms with Crippen LogP contribution >= 0.6 is 11.6 Å². The maximum Gasteiger partial charge on any atom is 0.332 e. The molecule has 0 spiro atoms. The smallest absolute Gasteiger partial charge is 0.332 e. The molecule has 3 rings (SSSR count). The maximum atomic E-state index is 12.4. The summed E-state index contributed by atoms with van der Waals surface area (Å²) < 4.78 is 2.66. The molecule has 114 valence electrons. The van der Waals surface area contributed by atoms with Crippen LogP contribution in [0, 0.1) is 0 Å². The third-order valence-corrected chi connectivity index (χ3v) is 3.72. The van der Waals surface area contributed by atoms with Crippen LogP contribution in [0.15, 0.2) is 27.9 Å². The van der Waals surface area contributed by atoms with E-state index in [1.54, 1.807) is 25.3 Å². The topological polar surface area (TPSA) is 85.6 Å². The van der Waals surface area contributed by atoms with Gasteiger partial charge in [0, 0.05) is 24.8 Å². The van der Waals surface area contributed by atoms with Gasteiger partial charge in [-0.25, -0.2) is 14.8 Å². The van der Waals surface area contributed by atoms with Crippen molar-refractivity contribution in [3.8, 4) is 11.4 Å². The molecule has 0 saturated heterocycles. The number of imidazole rings is 1. The number of aromatic amines is 1. The number of H-pyrrole nitrogens is 1. The average Bonchev–Trinajstić information content (AvgIpc) is 2.94. The SMILES string of the molecule is CCn1c(=O)c2[nH]c(-c3ccc(Cl)nc3)nc2n(CC)c1=O. The summed E-state index contributed by atoms with van der Waals surface area (Å²) in [4.78, 5) is 36.1. The van der Waals surface area contributed by atoms with Gasteiger partial charge in [-0.2, -0.15) is 0 Å². The van der Waals surface area contributed by atoms with Gasteiger partial charge in [-0.05, 0) is 26.0 Å². The number of nitrogens with one attached hydrogen (secondary N) is 1. The number of rotatable bonds is 3. The molecular formula is C14H14ClN5O2. The van der Waals surface area contributed by atoms with E-state index in [4.69, 9.17) is 11.6 Å². The van der Waals surface area contributed by atoms with E-state index in [0.717, 1.165) is 0 Å². The van der Waals surface area contributed by atoms with Crippen molar-refractivity contribution in [2.24, 2.45) is 0 Å². The highest BCUT2D eigenvalue weighted by Gasteiger charge is 2.16. The van der Waals surface area contributed by atoms with Gasteiger partial charge in [-0.1, -0.05) is 11.6 Å². The monoisotopic (exact) mass is 319 g/mol. The molecule has 0 amide bonds. The second kappa shape index (κ2) is 5.42. The number of nitrogens with zero attached hydrogens (tertiary/aromatic N) is 4. The number of hydrogen-bond donors (Lipinski definition) is 1. The Morgan fingerprint density at radius 3 is 2.50 bits per heavy atom. The maximum absolute atomic E-state index is 12.4. The second-order valence-corrected chi connectivity index (χ2v) is 5.12. The molecule has 0 saturated carbocycles. The number of pyridine rings is 1. The molecule has 7 nitrogen and oxygen atoms in total. The Bertz CT molecular complexity index is 952. The predicted octanol–water partition coefficient (Wildman–Crippen LogP) is 1.64. The van der Waals surface area contributed by atoms with Gasteiger partial charge in [-0.3, -0.25) is 13.9 Å². The summed E-state index contributed by atoms with van der Waals surface area (Å²) in [6, 6.07) is 3.39. The normalized spacial score (nSPS) is 11.2. The van der Waals surface area contributed by atoms with Crippen LogP contribution in [-0.2, 0) is 13.1 Å². The van der Waals surface area contributed by atoms with Gasteiger partial charge in [0.2, 0.25) is 0 Å². The molecule has 3 aromatic heterocycles. The fourth-order valence-corrected chi connectivity index (χ4v) is 2.49. The van der Waals surface area contributed by atoms with Crippen molar-refractivity contribution in [1.29, 1.82) is 0 Å². The fourth-order valence-electron chi connectivity index (χ4n) is 2.38. The van der Waals surface area contributed by atoms with Crippen molar-refractivity contribution in [2.75, 3.05) is 0 Å². The summed E-state index contributed by atoms with van der Waals surface area (Å²) in [6.45, 7) is 4.34. The van der Waals surface area contributed by atoms with Gasteiger partial charge >= 0.3 is 5.69 Å². The summed E-state index contributed by atoms with van der Waals surface area (Å²) in [5, 5.41) is 0.374. The van der Waals surface area contributed by atoms with Crippen molar-refractivity contribution in [3.05, 3.63) is 44.3 Å². The Kier molecular flexibility index (Phi) is 3.58. The molecule has 0 fully saturated rings. The molecule has 3 aromatic rings. The third-order valence-electron chi connectivity index (χ3n) is 3.49. The Hall–Kier alpha value is -2.41. The van der Waals surface area contributed by atoms with E-state index in [2.05, 4.69) is 15.0 Å². The first-order valence-electron chi connectivity index (χ1n) is 6.92. The highest BCUT2D eigenvalue weighted by atomic mass is 35.5. The van der Waals surface area contributed by atoms with E-state index < -0.39 is 0 Å². The van der Waals surface area contributed by atoms with Gasteiger partial charge < -0.3 is 4.98 Å². The lowest BCUT2D eigenvalue weighted by molar-refractivity contribution is 0.606. The van der Waals surface area contributed by atoms with Crippen molar-refractivity contribution in [2.45, 2.75) is 26.9 Å². The molecule has 0 atom stereocenters. The first-order valence-corrected chi connectivity index (χ1v) is 7.29.